The number of nitrogens with zero attached hydrogens (tertiary/aromatic N) is 1. The summed E-state index contributed by atoms with van der Waals surface area (Å²) < 4.78 is 10.4. The van der Waals surface area contributed by atoms with Gasteiger partial charge >= 0.3 is 5.97 Å². The molecular weight excluding hydrogens is 274 g/mol. The van der Waals surface area contributed by atoms with Crippen molar-refractivity contribution in [1.29, 1.82) is 5.26 Å². The zero-order chi connectivity index (χ0) is 12.1. The maximum absolute atomic E-state index is 11.2. The fraction of sp³-hybridized carbons (Fsp3) is 0.273. The minimum absolute atomic E-state index is 0.0508. The summed E-state index contributed by atoms with van der Waals surface area (Å²) in [5.74, 6) is 0.0485. The zero-order valence-electron chi connectivity index (χ0n) is 8.91. The molecule has 0 bridgehead atoms. The Morgan fingerprint density at radius 3 is 2.69 bits per heavy atom. The van der Waals surface area contributed by atoms with Crippen molar-refractivity contribution in [3.05, 3.63) is 27.7 Å². The topological polar surface area (TPSA) is 59.3 Å². The van der Waals surface area contributed by atoms with Gasteiger partial charge in [0, 0.05) is 4.47 Å². The molecule has 0 radical (unpaired) electrons. The predicted molar refractivity (Wildman–Crippen MR) is 61.1 cm³/mol. The van der Waals surface area contributed by atoms with E-state index in [9.17, 15) is 4.79 Å². The van der Waals surface area contributed by atoms with Gasteiger partial charge in [-0.1, -0.05) is 15.9 Å². The first-order valence-electron chi connectivity index (χ1n) is 4.45. The Hall–Kier alpha value is -1.54. The van der Waals surface area contributed by atoms with Crippen molar-refractivity contribution in [2.45, 2.75) is 6.42 Å². The number of rotatable bonds is 3. The minimum atomic E-state index is -0.392. The number of ether oxygens (including phenoxy) is 2. The average Bonchev–Trinajstić information content (AvgIpc) is 2.28. The Bertz CT molecular complexity index is 451. The van der Waals surface area contributed by atoms with E-state index in [0.29, 0.717) is 16.9 Å². The van der Waals surface area contributed by atoms with Crippen LogP contribution < -0.4 is 4.74 Å². The van der Waals surface area contributed by atoms with Gasteiger partial charge in [0.25, 0.3) is 0 Å². The highest BCUT2D eigenvalue weighted by Gasteiger charge is 2.13. The molecule has 0 spiro atoms. The van der Waals surface area contributed by atoms with E-state index >= 15 is 0 Å². The lowest BCUT2D eigenvalue weighted by molar-refractivity contribution is -0.139. The second-order valence-electron chi connectivity index (χ2n) is 3.01. The van der Waals surface area contributed by atoms with Gasteiger partial charge in [-0.15, -0.1) is 0 Å². The van der Waals surface area contributed by atoms with Crippen molar-refractivity contribution >= 4 is 21.9 Å². The van der Waals surface area contributed by atoms with Crippen LogP contribution in [-0.4, -0.2) is 20.2 Å². The van der Waals surface area contributed by atoms with E-state index < -0.39 is 5.97 Å². The van der Waals surface area contributed by atoms with E-state index in [4.69, 9.17) is 10.00 Å². The van der Waals surface area contributed by atoms with Crippen LogP contribution in [0, 0.1) is 11.3 Å². The van der Waals surface area contributed by atoms with Crippen molar-refractivity contribution in [2.24, 2.45) is 0 Å². The first-order chi connectivity index (χ1) is 7.62. The number of carbonyl (C=O) groups is 1. The molecule has 4 nitrogen and oxygen atoms in total. The van der Waals surface area contributed by atoms with Gasteiger partial charge in [0.15, 0.2) is 0 Å². The molecule has 0 unspecified atom stereocenters. The van der Waals surface area contributed by atoms with E-state index in [1.165, 1.54) is 14.2 Å². The number of carbonyl (C=O) groups excluding carboxylic acids is 1. The van der Waals surface area contributed by atoms with Crippen LogP contribution in [0.2, 0.25) is 0 Å². The zero-order valence-corrected chi connectivity index (χ0v) is 10.5. The van der Waals surface area contributed by atoms with Crippen LogP contribution in [0.5, 0.6) is 5.75 Å². The smallest absolute Gasteiger partial charge is 0.310 e. The van der Waals surface area contributed by atoms with E-state index in [2.05, 4.69) is 20.7 Å². The predicted octanol–water partition coefficient (Wildman–Crippen LogP) is 2.04. The second-order valence-corrected chi connectivity index (χ2v) is 3.92. The highest BCUT2D eigenvalue weighted by Crippen LogP contribution is 2.27. The number of methoxy groups -OCH3 is 2. The van der Waals surface area contributed by atoms with Crippen molar-refractivity contribution in [3.8, 4) is 11.8 Å². The Balaban J connectivity index is 3.21. The first-order valence-corrected chi connectivity index (χ1v) is 5.25. The molecule has 0 fully saturated rings. The molecule has 5 heteroatoms. The van der Waals surface area contributed by atoms with E-state index in [1.54, 1.807) is 12.1 Å². The molecule has 0 aromatic heterocycles. The van der Waals surface area contributed by atoms with Crippen LogP contribution in [0.15, 0.2) is 16.6 Å². The van der Waals surface area contributed by atoms with E-state index in [1.807, 2.05) is 6.07 Å². The summed E-state index contributed by atoms with van der Waals surface area (Å²) in [6.07, 6.45) is 0.0508. The van der Waals surface area contributed by atoms with Gasteiger partial charge in [0.1, 0.15) is 11.8 Å². The molecule has 0 aliphatic rings. The molecule has 0 aliphatic carbocycles. The third-order valence-electron chi connectivity index (χ3n) is 2.04. The molecule has 84 valence electrons. The lowest BCUT2D eigenvalue weighted by Gasteiger charge is -2.08. The molecule has 1 aromatic carbocycles. The number of hydrogen-bond acceptors (Lipinski definition) is 4. The standard InChI is InChI=1S/C11H10BrNO3/c1-15-10-5-8(12)3-7(9(10)6-13)4-11(14)16-2/h3,5H,4H2,1-2H3. The van der Waals surface area contributed by atoms with Gasteiger partial charge in [-0.3, -0.25) is 4.79 Å². The Labute approximate surface area is 102 Å². The van der Waals surface area contributed by atoms with Gasteiger partial charge in [0.05, 0.1) is 26.2 Å². The van der Waals surface area contributed by atoms with Crippen LogP contribution in [-0.2, 0) is 16.0 Å². The molecule has 1 aromatic rings. The summed E-state index contributed by atoms with van der Waals surface area (Å²) in [6.45, 7) is 0. The number of nitriles is 1. The molecule has 0 saturated heterocycles. The second kappa shape index (κ2) is 5.52. The summed E-state index contributed by atoms with van der Waals surface area (Å²) in [5, 5.41) is 9.01. The normalized spacial score (nSPS) is 9.38. The lowest BCUT2D eigenvalue weighted by atomic mass is 10.0. The fourth-order valence-electron chi connectivity index (χ4n) is 1.29. The highest BCUT2D eigenvalue weighted by atomic mass is 79.9. The summed E-state index contributed by atoms with van der Waals surface area (Å²) in [5.41, 5.74) is 0.941. The highest BCUT2D eigenvalue weighted by molar-refractivity contribution is 9.10. The quantitative estimate of drug-likeness (QED) is 0.797. The molecule has 0 N–H and O–H groups in total. The fourth-order valence-corrected chi connectivity index (χ4v) is 1.78. The van der Waals surface area contributed by atoms with Gasteiger partial charge in [0.2, 0.25) is 0 Å². The number of esters is 1. The van der Waals surface area contributed by atoms with Crippen LogP contribution in [0.4, 0.5) is 0 Å². The van der Waals surface area contributed by atoms with Crippen molar-refractivity contribution < 1.29 is 14.3 Å². The summed E-state index contributed by atoms with van der Waals surface area (Å²) in [4.78, 5) is 11.2. The molecule has 16 heavy (non-hydrogen) atoms. The van der Waals surface area contributed by atoms with Crippen LogP contribution in [0.3, 0.4) is 0 Å². The minimum Gasteiger partial charge on any atom is -0.495 e. The molecule has 0 amide bonds. The number of halogens is 1. The Kier molecular flexibility index (Phi) is 4.32. The van der Waals surface area contributed by atoms with Gasteiger partial charge < -0.3 is 9.47 Å². The van der Waals surface area contributed by atoms with Crippen molar-refractivity contribution in [2.75, 3.05) is 14.2 Å². The number of hydrogen-bond donors (Lipinski definition) is 0. The maximum atomic E-state index is 11.2. The van der Waals surface area contributed by atoms with Gasteiger partial charge in [-0.25, -0.2) is 0 Å². The van der Waals surface area contributed by atoms with Gasteiger partial charge in [-0.2, -0.15) is 5.26 Å². The molecular formula is C11H10BrNO3. The SMILES string of the molecule is COC(=O)Cc1cc(Br)cc(OC)c1C#N. The third-order valence-corrected chi connectivity index (χ3v) is 2.50. The lowest BCUT2D eigenvalue weighted by Crippen LogP contribution is -2.07. The first kappa shape index (κ1) is 12.5. The van der Waals surface area contributed by atoms with Crippen molar-refractivity contribution in [1.82, 2.24) is 0 Å². The molecule has 0 heterocycles. The molecule has 0 atom stereocenters. The maximum Gasteiger partial charge on any atom is 0.310 e. The van der Waals surface area contributed by atoms with Crippen LogP contribution in [0.1, 0.15) is 11.1 Å². The molecule has 0 saturated carbocycles. The number of benzene rings is 1. The van der Waals surface area contributed by atoms with Gasteiger partial charge in [-0.05, 0) is 17.7 Å². The summed E-state index contributed by atoms with van der Waals surface area (Å²) in [7, 11) is 2.79. The van der Waals surface area contributed by atoms with E-state index in [-0.39, 0.29) is 6.42 Å². The third kappa shape index (κ3) is 2.74. The summed E-state index contributed by atoms with van der Waals surface area (Å²) >= 11 is 3.29. The Morgan fingerprint density at radius 2 is 2.19 bits per heavy atom. The monoisotopic (exact) mass is 283 g/mol. The average molecular weight is 284 g/mol. The molecule has 0 aliphatic heterocycles. The van der Waals surface area contributed by atoms with Crippen LogP contribution >= 0.6 is 15.9 Å². The van der Waals surface area contributed by atoms with Crippen LogP contribution in [0.25, 0.3) is 0 Å². The van der Waals surface area contributed by atoms with E-state index in [0.717, 1.165) is 4.47 Å². The largest absolute Gasteiger partial charge is 0.495 e. The Morgan fingerprint density at radius 1 is 1.50 bits per heavy atom. The summed E-state index contributed by atoms with van der Waals surface area (Å²) in [6, 6.07) is 5.40. The van der Waals surface area contributed by atoms with Crippen molar-refractivity contribution in [3.63, 3.8) is 0 Å². The molecule has 1 rings (SSSR count).